The fraction of sp³-hybridized carbons (Fsp3) is 0. The number of rotatable bonds is 4. The first-order valence-electron chi connectivity index (χ1n) is 12.7. The van der Waals surface area contributed by atoms with Gasteiger partial charge in [-0.05, 0) is 57.9 Å². The number of benzene rings is 4. The number of fused-ring (bicyclic) bond motifs is 2. The molecule has 7 rings (SSSR count). The van der Waals surface area contributed by atoms with E-state index in [-0.39, 0.29) is 0 Å². The van der Waals surface area contributed by atoms with Gasteiger partial charge in [0.25, 0.3) is 0 Å². The molecule has 0 atom stereocenters. The Morgan fingerprint density at radius 3 is 1.29 bits per heavy atom. The number of pyridine rings is 3. The zero-order valence-corrected chi connectivity index (χ0v) is 20.6. The Balaban J connectivity index is 1.51. The number of aromatic nitrogens is 3. The van der Waals surface area contributed by atoms with Crippen LogP contribution in [0.25, 0.3) is 66.6 Å². The molecule has 38 heavy (non-hydrogen) atoms. The summed E-state index contributed by atoms with van der Waals surface area (Å²) in [7, 11) is 0. The Hall–Kier alpha value is -5.15. The van der Waals surface area contributed by atoms with Gasteiger partial charge in [0.15, 0.2) is 0 Å². The highest BCUT2D eigenvalue weighted by Crippen LogP contribution is 2.43. The van der Waals surface area contributed by atoms with Crippen LogP contribution in [0.15, 0.2) is 140 Å². The molecule has 178 valence electrons. The van der Waals surface area contributed by atoms with Gasteiger partial charge in [0, 0.05) is 34.6 Å². The van der Waals surface area contributed by atoms with E-state index in [1.54, 1.807) is 6.20 Å². The first kappa shape index (κ1) is 22.1. The Morgan fingerprint density at radius 2 is 0.789 bits per heavy atom. The summed E-state index contributed by atoms with van der Waals surface area (Å²) in [5.74, 6) is 0. The number of nitrogens with zero attached hydrogens (tertiary/aromatic N) is 3. The van der Waals surface area contributed by atoms with E-state index in [4.69, 9.17) is 9.97 Å². The molecule has 0 amide bonds. The summed E-state index contributed by atoms with van der Waals surface area (Å²) in [4.78, 5) is 14.6. The van der Waals surface area contributed by atoms with Gasteiger partial charge >= 0.3 is 0 Å². The van der Waals surface area contributed by atoms with Gasteiger partial charge < -0.3 is 0 Å². The molecule has 3 nitrogen and oxygen atoms in total. The molecule has 0 aliphatic carbocycles. The molecule has 0 N–H and O–H groups in total. The summed E-state index contributed by atoms with van der Waals surface area (Å²) in [5.41, 5.74) is 8.15. The molecule has 0 saturated carbocycles. The summed E-state index contributed by atoms with van der Waals surface area (Å²) >= 11 is 0. The minimum atomic E-state index is 0.907. The highest BCUT2D eigenvalue weighted by atomic mass is 14.7. The van der Waals surface area contributed by atoms with Crippen molar-refractivity contribution in [2.75, 3.05) is 0 Å². The Morgan fingerprint density at radius 1 is 0.342 bits per heavy atom. The lowest BCUT2D eigenvalue weighted by Gasteiger charge is -2.17. The van der Waals surface area contributed by atoms with E-state index in [1.807, 2.05) is 30.5 Å². The third-order valence-electron chi connectivity index (χ3n) is 6.97. The molecule has 3 heteroatoms. The molecule has 0 saturated heterocycles. The van der Waals surface area contributed by atoms with Gasteiger partial charge in [0.2, 0.25) is 0 Å². The van der Waals surface area contributed by atoms with Gasteiger partial charge in [-0.3, -0.25) is 4.98 Å². The van der Waals surface area contributed by atoms with Gasteiger partial charge in [-0.15, -0.1) is 0 Å². The maximum atomic E-state index is 5.15. The first-order valence-corrected chi connectivity index (χ1v) is 12.7. The molecule has 0 unspecified atom stereocenters. The van der Waals surface area contributed by atoms with Crippen LogP contribution in [0.5, 0.6) is 0 Å². The quantitative estimate of drug-likeness (QED) is 0.234. The average molecular weight is 486 g/mol. The summed E-state index contributed by atoms with van der Waals surface area (Å²) < 4.78 is 0. The number of hydrogen-bond donors (Lipinski definition) is 0. The van der Waals surface area contributed by atoms with Crippen LogP contribution in [0, 0.1) is 0 Å². The molecule has 4 aromatic carbocycles. The molecule has 0 radical (unpaired) electrons. The van der Waals surface area contributed by atoms with Crippen LogP contribution in [0.3, 0.4) is 0 Å². The third-order valence-corrected chi connectivity index (χ3v) is 6.97. The standard InChI is InChI=1S/C35H23N3/c1-2-11-24(12-3-1)30-18-8-20-32(37-30)34-26-14-4-6-16-28(26)35(29-17-7-5-15-27(29)34)33-21-9-19-31(38-33)25-13-10-22-36-23-25/h1-23H. The van der Waals surface area contributed by atoms with Crippen LogP contribution in [0.2, 0.25) is 0 Å². The predicted molar refractivity (Wildman–Crippen MR) is 157 cm³/mol. The Labute approximate surface area is 221 Å². The van der Waals surface area contributed by atoms with Crippen LogP contribution in [-0.2, 0) is 0 Å². The SMILES string of the molecule is c1ccc(-c2cccc(-c3c4ccccc4c(-c4cccc(-c5cccnc5)n4)c4ccccc34)n2)cc1. The maximum Gasteiger partial charge on any atom is 0.0725 e. The van der Waals surface area contributed by atoms with Crippen molar-refractivity contribution >= 4 is 21.5 Å². The highest BCUT2D eigenvalue weighted by molar-refractivity contribution is 6.20. The van der Waals surface area contributed by atoms with Gasteiger partial charge in [0.1, 0.15) is 0 Å². The number of hydrogen-bond acceptors (Lipinski definition) is 3. The fourth-order valence-corrected chi connectivity index (χ4v) is 5.27. The summed E-state index contributed by atoms with van der Waals surface area (Å²) in [6.45, 7) is 0. The minimum Gasteiger partial charge on any atom is -0.264 e. The Kier molecular flexibility index (Phi) is 5.45. The van der Waals surface area contributed by atoms with Crippen molar-refractivity contribution in [2.24, 2.45) is 0 Å². The smallest absolute Gasteiger partial charge is 0.0725 e. The molecule has 0 fully saturated rings. The van der Waals surface area contributed by atoms with E-state index in [0.717, 1.165) is 66.6 Å². The lowest BCUT2D eigenvalue weighted by Crippen LogP contribution is -1.95. The first-order chi connectivity index (χ1) is 18.9. The molecule has 0 aliphatic heterocycles. The summed E-state index contributed by atoms with van der Waals surface area (Å²) in [5, 5.41) is 4.63. The van der Waals surface area contributed by atoms with Crippen molar-refractivity contribution in [2.45, 2.75) is 0 Å². The van der Waals surface area contributed by atoms with Crippen LogP contribution < -0.4 is 0 Å². The predicted octanol–water partition coefficient (Wildman–Crippen LogP) is 8.85. The lowest BCUT2D eigenvalue weighted by atomic mass is 9.88. The summed E-state index contributed by atoms with van der Waals surface area (Å²) in [6, 6.07) is 44.0. The van der Waals surface area contributed by atoms with Crippen molar-refractivity contribution < 1.29 is 0 Å². The van der Waals surface area contributed by atoms with Crippen LogP contribution in [0.4, 0.5) is 0 Å². The molecular formula is C35H23N3. The van der Waals surface area contributed by atoms with E-state index >= 15 is 0 Å². The largest absolute Gasteiger partial charge is 0.264 e. The second kappa shape index (κ2) is 9.38. The zero-order valence-electron chi connectivity index (χ0n) is 20.6. The second-order valence-corrected chi connectivity index (χ2v) is 9.27. The van der Waals surface area contributed by atoms with Gasteiger partial charge in [-0.2, -0.15) is 0 Å². The van der Waals surface area contributed by atoms with Gasteiger partial charge in [-0.1, -0.05) is 91.0 Å². The Bertz CT molecular complexity index is 1710. The molecular weight excluding hydrogens is 462 g/mol. The van der Waals surface area contributed by atoms with Crippen LogP contribution in [-0.4, -0.2) is 15.0 Å². The van der Waals surface area contributed by atoms with Crippen molar-refractivity contribution in [3.05, 3.63) is 140 Å². The molecule has 0 aliphatic rings. The maximum absolute atomic E-state index is 5.15. The van der Waals surface area contributed by atoms with Gasteiger partial charge in [0.05, 0.1) is 22.8 Å². The summed E-state index contributed by atoms with van der Waals surface area (Å²) in [6.07, 6.45) is 3.64. The van der Waals surface area contributed by atoms with Crippen LogP contribution in [0.1, 0.15) is 0 Å². The van der Waals surface area contributed by atoms with E-state index in [1.165, 1.54) is 0 Å². The minimum absolute atomic E-state index is 0.907. The zero-order chi connectivity index (χ0) is 25.3. The monoisotopic (exact) mass is 485 g/mol. The normalized spacial score (nSPS) is 11.2. The fourth-order valence-electron chi connectivity index (χ4n) is 5.27. The molecule has 7 aromatic rings. The van der Waals surface area contributed by atoms with E-state index < -0.39 is 0 Å². The van der Waals surface area contributed by atoms with Crippen molar-refractivity contribution in [3.8, 4) is 45.0 Å². The van der Waals surface area contributed by atoms with Crippen molar-refractivity contribution in [1.82, 2.24) is 15.0 Å². The van der Waals surface area contributed by atoms with E-state index in [2.05, 4.69) is 108 Å². The molecule has 0 spiro atoms. The lowest BCUT2D eigenvalue weighted by molar-refractivity contribution is 1.28. The third kappa shape index (κ3) is 3.82. The molecule has 3 heterocycles. The molecule has 0 bridgehead atoms. The van der Waals surface area contributed by atoms with Crippen LogP contribution >= 0.6 is 0 Å². The van der Waals surface area contributed by atoms with Gasteiger partial charge in [-0.25, -0.2) is 9.97 Å². The second-order valence-electron chi connectivity index (χ2n) is 9.27. The average Bonchev–Trinajstić information content (AvgIpc) is 3.01. The van der Waals surface area contributed by atoms with E-state index in [0.29, 0.717) is 0 Å². The highest BCUT2D eigenvalue weighted by Gasteiger charge is 2.18. The molecule has 3 aromatic heterocycles. The van der Waals surface area contributed by atoms with Crippen molar-refractivity contribution in [3.63, 3.8) is 0 Å². The topological polar surface area (TPSA) is 38.7 Å². The van der Waals surface area contributed by atoms with Crippen molar-refractivity contribution in [1.29, 1.82) is 0 Å². The van der Waals surface area contributed by atoms with E-state index in [9.17, 15) is 0 Å².